The van der Waals surface area contributed by atoms with E-state index in [4.69, 9.17) is 28.8 Å². The highest BCUT2D eigenvalue weighted by Crippen LogP contribution is 2.40. The molecule has 0 aliphatic rings. The van der Waals surface area contributed by atoms with Gasteiger partial charge in [0.05, 0.1) is 16.4 Å². The van der Waals surface area contributed by atoms with Gasteiger partial charge in [0.25, 0.3) is 0 Å². The van der Waals surface area contributed by atoms with E-state index in [0.29, 0.717) is 23.4 Å². The molecule has 7 nitrogen and oxygen atoms in total. The predicted octanol–water partition coefficient (Wildman–Crippen LogP) is 14.5. The fourth-order valence-electron chi connectivity index (χ4n) is 9.11. The number of rotatable bonds is 6. The highest BCUT2D eigenvalue weighted by atomic mass is 16.4. The number of hydrogen-bond donors (Lipinski definition) is 0. The lowest BCUT2D eigenvalue weighted by atomic mass is 9.99. The van der Waals surface area contributed by atoms with Crippen molar-refractivity contribution in [2.45, 2.75) is 0 Å². The molecule has 0 saturated carbocycles. The molecule has 0 bridgehead atoms. The van der Waals surface area contributed by atoms with Gasteiger partial charge in [0.15, 0.2) is 23.1 Å². The first-order valence-electron chi connectivity index (χ1n) is 21.0. The zero-order chi connectivity index (χ0) is 41.4. The van der Waals surface area contributed by atoms with Gasteiger partial charge >= 0.3 is 0 Å². The number of hydrogen-bond acceptors (Lipinski definition) is 6. The third kappa shape index (κ3) is 5.75. The Kier molecular flexibility index (Phi) is 7.77. The van der Waals surface area contributed by atoms with Crippen LogP contribution in [0.25, 0.3) is 128 Å². The van der Waals surface area contributed by atoms with Crippen molar-refractivity contribution in [1.29, 1.82) is 0 Å². The van der Waals surface area contributed by atoms with Crippen molar-refractivity contribution in [2.24, 2.45) is 0 Å². The number of furan rings is 1. The summed E-state index contributed by atoms with van der Waals surface area (Å²) in [6, 6.07) is 68.8. The highest BCUT2D eigenvalue weighted by Gasteiger charge is 2.20. The molecule has 294 valence electrons. The molecule has 0 spiro atoms. The van der Waals surface area contributed by atoms with Crippen molar-refractivity contribution in [3.63, 3.8) is 0 Å². The summed E-state index contributed by atoms with van der Waals surface area (Å²) in [6.07, 6.45) is 0. The molecule has 4 aromatic heterocycles. The van der Waals surface area contributed by atoms with Crippen LogP contribution in [0.3, 0.4) is 0 Å². The maximum atomic E-state index is 6.51. The summed E-state index contributed by atoms with van der Waals surface area (Å²) >= 11 is 0. The zero-order valence-corrected chi connectivity index (χ0v) is 33.6. The Morgan fingerprint density at radius 1 is 0.349 bits per heavy atom. The summed E-state index contributed by atoms with van der Waals surface area (Å²) in [5.74, 6) is 2.35. The summed E-state index contributed by atoms with van der Waals surface area (Å²) in [5, 5.41) is 6.27. The van der Waals surface area contributed by atoms with Crippen LogP contribution in [0, 0.1) is 0 Å². The summed E-state index contributed by atoms with van der Waals surface area (Å²) in [5.41, 5.74) is 12.2. The molecule has 0 aliphatic carbocycles. The Hall–Kier alpha value is -8.68. The molecule has 0 aliphatic heterocycles. The second kappa shape index (κ2) is 13.9. The van der Waals surface area contributed by atoms with Gasteiger partial charge in [0.1, 0.15) is 16.7 Å². The lowest BCUT2D eigenvalue weighted by Crippen LogP contribution is -2.01. The molecular formula is C56H33N5O2. The van der Waals surface area contributed by atoms with Gasteiger partial charge < -0.3 is 13.4 Å². The van der Waals surface area contributed by atoms with Gasteiger partial charge in [-0.1, -0.05) is 121 Å². The third-order valence-corrected chi connectivity index (χ3v) is 12.1. The molecule has 13 aromatic rings. The largest absolute Gasteiger partial charge is 0.456 e. The number of nitrogens with zero attached hydrogens (tertiary/aromatic N) is 5. The maximum Gasteiger partial charge on any atom is 0.227 e. The molecule has 4 heterocycles. The van der Waals surface area contributed by atoms with Crippen LogP contribution in [0.2, 0.25) is 0 Å². The minimum absolute atomic E-state index is 0.578. The molecule has 0 amide bonds. The Balaban J connectivity index is 0.987. The number of fused-ring (bicyclic) bond motifs is 9. The SMILES string of the molecule is c1ccc(-c2nc3c(ccc4oc5cc6cc(-c7nc(-c8ccc9c(c8)c8ccccc8n9-c8ccccc8)nc(-c8ccccc8-c8ccccc8)n7)ccc6cc5c43)o2)cc1. The van der Waals surface area contributed by atoms with Gasteiger partial charge in [-0.05, 0) is 101 Å². The summed E-state index contributed by atoms with van der Waals surface area (Å²) in [7, 11) is 0. The van der Waals surface area contributed by atoms with Crippen LogP contribution in [-0.4, -0.2) is 24.5 Å². The molecule has 0 saturated heterocycles. The minimum atomic E-state index is 0.578. The first-order valence-corrected chi connectivity index (χ1v) is 21.0. The van der Waals surface area contributed by atoms with Crippen LogP contribution in [0.5, 0.6) is 0 Å². The number of benzene rings is 9. The van der Waals surface area contributed by atoms with Crippen LogP contribution in [0.4, 0.5) is 0 Å². The average molecular weight is 808 g/mol. The fraction of sp³-hybridized carbons (Fsp3) is 0. The highest BCUT2D eigenvalue weighted by molar-refractivity contribution is 6.19. The van der Waals surface area contributed by atoms with E-state index in [2.05, 4.69) is 144 Å². The van der Waals surface area contributed by atoms with Gasteiger partial charge in [-0.3, -0.25) is 0 Å². The lowest BCUT2D eigenvalue weighted by Gasteiger charge is -2.12. The number of para-hydroxylation sites is 2. The van der Waals surface area contributed by atoms with Gasteiger partial charge in [0.2, 0.25) is 5.89 Å². The molecule has 0 radical (unpaired) electrons. The van der Waals surface area contributed by atoms with E-state index in [-0.39, 0.29) is 0 Å². The van der Waals surface area contributed by atoms with Crippen LogP contribution in [-0.2, 0) is 0 Å². The van der Waals surface area contributed by atoms with E-state index in [0.717, 1.165) is 105 Å². The van der Waals surface area contributed by atoms with Crippen LogP contribution < -0.4 is 0 Å². The topological polar surface area (TPSA) is 82.8 Å². The standard InChI is InChI=1S/C56H33N5O2/c1-4-14-34(15-5-1)41-20-10-11-22-43(41)55-59-53(58-54(60-55)38-26-27-47-44(32-38)42-21-12-13-23-46(42)61(47)40-18-8-3-9-19-40)37-25-24-36-31-45-50(33-39(36)30-37)62-48-28-29-49-52(51(45)48)57-56(63-49)35-16-6-2-7-17-35/h1-33H. The van der Waals surface area contributed by atoms with E-state index in [1.165, 1.54) is 0 Å². The Morgan fingerprint density at radius 3 is 1.79 bits per heavy atom. The van der Waals surface area contributed by atoms with E-state index in [9.17, 15) is 0 Å². The molecule has 7 heteroatoms. The van der Waals surface area contributed by atoms with E-state index >= 15 is 0 Å². The average Bonchev–Trinajstić information content (AvgIpc) is 4.05. The first-order chi connectivity index (χ1) is 31.2. The van der Waals surface area contributed by atoms with E-state index < -0.39 is 0 Å². The second-order valence-electron chi connectivity index (χ2n) is 15.8. The second-order valence-corrected chi connectivity index (χ2v) is 15.8. The van der Waals surface area contributed by atoms with Crippen LogP contribution in [0.1, 0.15) is 0 Å². The molecule has 9 aromatic carbocycles. The number of aromatic nitrogens is 5. The van der Waals surface area contributed by atoms with Crippen molar-refractivity contribution in [3.05, 3.63) is 200 Å². The normalized spacial score (nSPS) is 11.8. The Morgan fingerprint density at radius 2 is 0.984 bits per heavy atom. The molecular weight excluding hydrogens is 775 g/mol. The smallest absolute Gasteiger partial charge is 0.227 e. The Labute approximate surface area is 360 Å². The summed E-state index contributed by atoms with van der Waals surface area (Å²) < 4.78 is 15.1. The fourth-order valence-corrected chi connectivity index (χ4v) is 9.11. The molecule has 63 heavy (non-hydrogen) atoms. The van der Waals surface area contributed by atoms with Gasteiger partial charge in [0, 0.05) is 44.1 Å². The van der Waals surface area contributed by atoms with Gasteiger partial charge in [-0.2, -0.15) is 0 Å². The molecule has 0 unspecified atom stereocenters. The minimum Gasteiger partial charge on any atom is -0.456 e. The molecule has 13 rings (SSSR count). The number of oxazole rings is 1. The van der Waals surface area contributed by atoms with Crippen molar-refractivity contribution in [2.75, 3.05) is 0 Å². The van der Waals surface area contributed by atoms with Crippen molar-refractivity contribution >= 4 is 65.6 Å². The zero-order valence-electron chi connectivity index (χ0n) is 33.6. The van der Waals surface area contributed by atoms with E-state index in [1.54, 1.807) is 0 Å². The Bertz CT molecular complexity index is 3910. The quantitative estimate of drug-likeness (QED) is 0.166. The molecule has 0 fully saturated rings. The first kappa shape index (κ1) is 35.1. The summed E-state index contributed by atoms with van der Waals surface area (Å²) in [6.45, 7) is 0. The maximum absolute atomic E-state index is 6.51. The molecule has 0 atom stereocenters. The van der Waals surface area contributed by atoms with Gasteiger partial charge in [-0.15, -0.1) is 0 Å². The monoisotopic (exact) mass is 807 g/mol. The third-order valence-electron chi connectivity index (χ3n) is 12.1. The lowest BCUT2D eigenvalue weighted by molar-refractivity contribution is 0.619. The van der Waals surface area contributed by atoms with Gasteiger partial charge in [-0.25, -0.2) is 19.9 Å². The van der Waals surface area contributed by atoms with Crippen LogP contribution >= 0.6 is 0 Å². The van der Waals surface area contributed by atoms with Crippen LogP contribution in [0.15, 0.2) is 209 Å². The van der Waals surface area contributed by atoms with Crippen molar-refractivity contribution in [3.8, 4) is 62.4 Å². The molecule has 0 N–H and O–H groups in total. The summed E-state index contributed by atoms with van der Waals surface area (Å²) in [4.78, 5) is 20.7. The van der Waals surface area contributed by atoms with Crippen molar-refractivity contribution < 1.29 is 8.83 Å². The predicted molar refractivity (Wildman–Crippen MR) is 254 cm³/mol. The van der Waals surface area contributed by atoms with E-state index in [1.807, 2.05) is 60.7 Å². The van der Waals surface area contributed by atoms with Crippen molar-refractivity contribution in [1.82, 2.24) is 24.5 Å².